The van der Waals surface area contributed by atoms with Gasteiger partial charge in [0.1, 0.15) is 0 Å². The minimum Gasteiger partial charge on any atom is -0.0651 e. The second kappa shape index (κ2) is 10.4. The lowest BCUT2D eigenvalue weighted by Gasteiger charge is -2.23. The highest BCUT2D eigenvalue weighted by Crippen LogP contribution is 2.47. The highest BCUT2D eigenvalue weighted by atomic mass is 14.3. The van der Waals surface area contributed by atoms with Crippen molar-refractivity contribution in [1.82, 2.24) is 0 Å². The van der Waals surface area contributed by atoms with Gasteiger partial charge in [-0.25, -0.2) is 0 Å². The fourth-order valence-electron chi connectivity index (χ4n) is 6.77. The third kappa shape index (κ3) is 4.90. The van der Waals surface area contributed by atoms with E-state index >= 15 is 0 Å². The fraction of sp³-hybridized carbons (Fsp3) is 0.556. The maximum absolute atomic E-state index is 2.51. The van der Waals surface area contributed by atoms with E-state index in [1.54, 1.807) is 55.7 Å². The van der Waals surface area contributed by atoms with Crippen molar-refractivity contribution in [2.75, 3.05) is 0 Å². The van der Waals surface area contributed by atoms with Crippen LogP contribution in [-0.4, -0.2) is 0 Å². The third-order valence-corrected chi connectivity index (χ3v) is 8.90. The Morgan fingerprint density at radius 2 is 1.06 bits per heavy atom. The van der Waals surface area contributed by atoms with Crippen molar-refractivity contribution in [3.8, 4) is 0 Å². The average Bonchev–Trinajstić information content (AvgIpc) is 3.30. The zero-order chi connectivity index (χ0) is 26.5. The number of hydrogen-bond donors (Lipinski definition) is 0. The van der Waals surface area contributed by atoms with E-state index in [9.17, 15) is 0 Å². The normalized spacial score (nSPS) is 16.3. The predicted octanol–water partition coefficient (Wildman–Crippen LogP) is 11.0. The molecule has 2 aliphatic rings. The summed E-state index contributed by atoms with van der Waals surface area (Å²) in [5.41, 5.74) is 19.0. The standard InChI is InChI=1S/C36H50/c1-20(2)27-16-29-14-25(10)31(35(29)32(18-27)22(5)6)13-12-24(9)34-26(11)15-30-17-28(21(3)4)19-33(23(7)8)36(30)34/h16-24H,12-15H2,1-11H3. The van der Waals surface area contributed by atoms with Crippen LogP contribution in [-0.2, 0) is 12.8 Å². The zero-order valence-corrected chi connectivity index (χ0v) is 25.0. The Labute approximate surface area is 222 Å². The molecule has 0 amide bonds. The maximum Gasteiger partial charge on any atom is -0.00575 e. The Hall–Kier alpha value is -2.08. The van der Waals surface area contributed by atoms with E-state index in [0.717, 1.165) is 12.8 Å². The number of hydrogen-bond acceptors (Lipinski definition) is 0. The van der Waals surface area contributed by atoms with Gasteiger partial charge in [-0.15, -0.1) is 0 Å². The zero-order valence-electron chi connectivity index (χ0n) is 25.0. The molecule has 4 rings (SSSR count). The van der Waals surface area contributed by atoms with Crippen molar-refractivity contribution in [3.05, 3.63) is 79.9 Å². The SMILES string of the molecule is CC1=C(CCC(C)C2=C(C)Cc3cc(C(C)C)cc(C(C)C)c32)c2c(cc(C(C)C)cc2C(C)C)C1. The van der Waals surface area contributed by atoms with E-state index in [1.165, 1.54) is 24.0 Å². The Morgan fingerprint density at radius 1 is 0.583 bits per heavy atom. The molecule has 0 aliphatic heterocycles. The van der Waals surface area contributed by atoms with Gasteiger partial charge in [0.15, 0.2) is 0 Å². The van der Waals surface area contributed by atoms with Crippen LogP contribution in [0.4, 0.5) is 0 Å². The summed E-state index contributed by atoms with van der Waals surface area (Å²) in [5, 5.41) is 0. The lowest BCUT2D eigenvalue weighted by molar-refractivity contribution is 0.676. The van der Waals surface area contributed by atoms with Gasteiger partial charge in [-0.2, -0.15) is 0 Å². The van der Waals surface area contributed by atoms with Crippen molar-refractivity contribution >= 4 is 11.1 Å². The van der Waals surface area contributed by atoms with Gasteiger partial charge < -0.3 is 0 Å². The van der Waals surface area contributed by atoms with Crippen LogP contribution in [0.3, 0.4) is 0 Å². The molecule has 0 bridgehead atoms. The van der Waals surface area contributed by atoms with Gasteiger partial charge in [0.05, 0.1) is 0 Å². The molecule has 0 aromatic heterocycles. The minimum atomic E-state index is 0.556. The number of rotatable bonds is 8. The maximum atomic E-state index is 2.51. The molecule has 0 radical (unpaired) electrons. The van der Waals surface area contributed by atoms with E-state index in [-0.39, 0.29) is 0 Å². The molecule has 2 aliphatic carbocycles. The second-order valence-electron chi connectivity index (χ2n) is 13.2. The van der Waals surface area contributed by atoms with Crippen molar-refractivity contribution in [1.29, 1.82) is 0 Å². The largest absolute Gasteiger partial charge is 0.0651 e. The van der Waals surface area contributed by atoms with E-state index in [0.29, 0.717) is 29.6 Å². The van der Waals surface area contributed by atoms with Gasteiger partial charge in [-0.1, -0.05) is 97.7 Å². The number of benzene rings is 2. The smallest absolute Gasteiger partial charge is 0.00575 e. The first-order chi connectivity index (χ1) is 16.9. The minimum absolute atomic E-state index is 0.556. The quantitative estimate of drug-likeness (QED) is 0.351. The Balaban J connectivity index is 1.64. The molecule has 0 fully saturated rings. The van der Waals surface area contributed by atoms with Crippen molar-refractivity contribution in [2.24, 2.45) is 5.92 Å². The molecule has 0 saturated carbocycles. The summed E-state index contributed by atoms with van der Waals surface area (Å²) in [4.78, 5) is 0. The first-order valence-corrected chi connectivity index (χ1v) is 14.6. The molecular weight excluding hydrogens is 432 g/mol. The topological polar surface area (TPSA) is 0 Å². The summed E-state index contributed by atoms with van der Waals surface area (Å²) in [7, 11) is 0. The molecule has 0 saturated heterocycles. The average molecular weight is 483 g/mol. The molecule has 0 nitrogen and oxygen atoms in total. The monoisotopic (exact) mass is 482 g/mol. The molecule has 2 aromatic carbocycles. The van der Waals surface area contributed by atoms with Crippen LogP contribution in [0.15, 0.2) is 35.4 Å². The Morgan fingerprint density at radius 3 is 1.56 bits per heavy atom. The molecule has 2 aromatic rings. The summed E-state index contributed by atoms with van der Waals surface area (Å²) in [6, 6.07) is 10.0. The summed E-state index contributed by atoms with van der Waals surface area (Å²) >= 11 is 0. The molecule has 1 unspecified atom stereocenters. The van der Waals surface area contributed by atoms with Crippen LogP contribution in [0, 0.1) is 5.92 Å². The predicted molar refractivity (Wildman–Crippen MR) is 160 cm³/mol. The van der Waals surface area contributed by atoms with Crippen LogP contribution < -0.4 is 0 Å². The Bertz CT molecular complexity index is 1210. The molecular formula is C36H50. The van der Waals surface area contributed by atoms with E-state index in [1.807, 2.05) is 0 Å². The van der Waals surface area contributed by atoms with Gasteiger partial charge in [-0.05, 0) is 125 Å². The van der Waals surface area contributed by atoms with Gasteiger partial charge in [0.25, 0.3) is 0 Å². The summed E-state index contributed by atoms with van der Waals surface area (Å²) in [5.74, 6) is 2.86. The molecule has 194 valence electrons. The fourth-order valence-corrected chi connectivity index (χ4v) is 6.77. The molecule has 36 heavy (non-hydrogen) atoms. The second-order valence-corrected chi connectivity index (χ2v) is 13.2. The van der Waals surface area contributed by atoms with Crippen molar-refractivity contribution in [2.45, 2.75) is 126 Å². The van der Waals surface area contributed by atoms with Crippen LogP contribution in [0.25, 0.3) is 11.1 Å². The molecule has 0 spiro atoms. The van der Waals surface area contributed by atoms with Gasteiger partial charge in [0.2, 0.25) is 0 Å². The highest BCUT2D eigenvalue weighted by Gasteiger charge is 2.29. The lowest BCUT2D eigenvalue weighted by Crippen LogP contribution is -2.06. The van der Waals surface area contributed by atoms with E-state index in [4.69, 9.17) is 0 Å². The van der Waals surface area contributed by atoms with Crippen LogP contribution in [0.2, 0.25) is 0 Å². The van der Waals surface area contributed by atoms with Crippen LogP contribution >= 0.6 is 0 Å². The van der Waals surface area contributed by atoms with Crippen LogP contribution in [0.5, 0.6) is 0 Å². The molecule has 1 atom stereocenters. The van der Waals surface area contributed by atoms with Gasteiger partial charge in [0, 0.05) is 0 Å². The number of allylic oxidation sites excluding steroid dienone is 4. The highest BCUT2D eigenvalue weighted by molar-refractivity contribution is 5.82. The molecule has 0 heteroatoms. The Kier molecular flexibility index (Phi) is 7.76. The van der Waals surface area contributed by atoms with Gasteiger partial charge in [-0.3, -0.25) is 0 Å². The van der Waals surface area contributed by atoms with Crippen molar-refractivity contribution < 1.29 is 0 Å². The van der Waals surface area contributed by atoms with Gasteiger partial charge >= 0.3 is 0 Å². The van der Waals surface area contributed by atoms with E-state index < -0.39 is 0 Å². The van der Waals surface area contributed by atoms with E-state index in [2.05, 4.69) is 100 Å². The lowest BCUT2D eigenvalue weighted by atomic mass is 9.81. The van der Waals surface area contributed by atoms with Crippen LogP contribution in [0.1, 0.15) is 157 Å². The first kappa shape index (κ1) is 27.0. The third-order valence-electron chi connectivity index (χ3n) is 8.90. The summed E-state index contributed by atoms with van der Waals surface area (Å²) in [6.07, 6.45) is 4.69. The number of fused-ring (bicyclic) bond motifs is 2. The van der Waals surface area contributed by atoms with Crippen molar-refractivity contribution in [3.63, 3.8) is 0 Å². The molecule has 0 heterocycles. The molecule has 0 N–H and O–H groups in total. The first-order valence-electron chi connectivity index (χ1n) is 14.6. The summed E-state index contributed by atoms with van der Waals surface area (Å²) < 4.78 is 0. The summed E-state index contributed by atoms with van der Waals surface area (Å²) in [6.45, 7) is 26.1.